The molecule has 2 heterocycles. The van der Waals surface area contributed by atoms with Gasteiger partial charge in [-0.05, 0) is 49.2 Å². The third-order valence-corrected chi connectivity index (χ3v) is 8.47. The van der Waals surface area contributed by atoms with Crippen molar-refractivity contribution in [1.82, 2.24) is 9.21 Å². The fourth-order valence-corrected chi connectivity index (χ4v) is 6.19. The number of amides is 1. The summed E-state index contributed by atoms with van der Waals surface area (Å²) in [6.45, 7) is 3.42. The molecule has 4 rings (SSSR count). The Morgan fingerprint density at radius 3 is 2.24 bits per heavy atom. The van der Waals surface area contributed by atoms with Crippen LogP contribution in [0.1, 0.15) is 36.0 Å². The molecule has 0 saturated carbocycles. The zero-order valence-corrected chi connectivity index (χ0v) is 20.4. The maximum absolute atomic E-state index is 13.4. The largest absolute Gasteiger partial charge is 0.496 e. The van der Waals surface area contributed by atoms with Crippen molar-refractivity contribution in [2.24, 2.45) is 0 Å². The van der Waals surface area contributed by atoms with Crippen molar-refractivity contribution in [3.8, 4) is 5.75 Å². The molecule has 7 nitrogen and oxygen atoms in total. The molecule has 0 N–H and O–H groups in total. The molecule has 0 unspecified atom stereocenters. The van der Waals surface area contributed by atoms with Crippen LogP contribution in [0.15, 0.2) is 47.4 Å². The molecule has 1 amide bonds. The number of halogens is 1. The lowest BCUT2D eigenvalue weighted by molar-refractivity contribution is 0.0743. The van der Waals surface area contributed by atoms with E-state index in [4.69, 9.17) is 16.3 Å². The highest BCUT2D eigenvalue weighted by molar-refractivity contribution is 7.89. The van der Waals surface area contributed by atoms with E-state index in [-0.39, 0.29) is 16.4 Å². The Morgan fingerprint density at radius 2 is 1.61 bits per heavy atom. The van der Waals surface area contributed by atoms with Gasteiger partial charge in [0.05, 0.1) is 17.6 Å². The first-order chi connectivity index (χ1) is 15.9. The number of piperazine rings is 1. The van der Waals surface area contributed by atoms with Gasteiger partial charge in [-0.25, -0.2) is 8.42 Å². The maximum atomic E-state index is 13.4. The third-order valence-electron chi connectivity index (χ3n) is 6.34. The van der Waals surface area contributed by atoms with Crippen molar-refractivity contribution in [3.63, 3.8) is 0 Å². The molecule has 9 heteroatoms. The Morgan fingerprint density at radius 1 is 0.909 bits per heavy atom. The molecule has 2 saturated heterocycles. The van der Waals surface area contributed by atoms with E-state index in [9.17, 15) is 13.2 Å². The number of hydrogen-bond donors (Lipinski definition) is 0. The molecule has 33 heavy (non-hydrogen) atoms. The highest BCUT2D eigenvalue weighted by Gasteiger charge is 2.29. The molecular weight excluding hydrogens is 462 g/mol. The van der Waals surface area contributed by atoms with Crippen LogP contribution in [0.4, 0.5) is 5.69 Å². The topological polar surface area (TPSA) is 70.2 Å². The first-order valence-corrected chi connectivity index (χ1v) is 13.2. The van der Waals surface area contributed by atoms with Crippen LogP contribution in [0, 0.1) is 0 Å². The fourth-order valence-electron chi connectivity index (χ4n) is 4.46. The molecule has 0 atom stereocenters. The van der Waals surface area contributed by atoms with Crippen molar-refractivity contribution in [3.05, 3.63) is 53.1 Å². The highest BCUT2D eigenvalue weighted by atomic mass is 35.5. The van der Waals surface area contributed by atoms with Crippen LogP contribution in [0.5, 0.6) is 5.75 Å². The Labute approximate surface area is 200 Å². The van der Waals surface area contributed by atoms with E-state index in [1.165, 1.54) is 19.2 Å². The third kappa shape index (κ3) is 5.28. The van der Waals surface area contributed by atoms with Gasteiger partial charge in [-0.2, -0.15) is 4.31 Å². The van der Waals surface area contributed by atoms with Crippen LogP contribution >= 0.6 is 11.6 Å². The van der Waals surface area contributed by atoms with E-state index in [0.717, 1.165) is 31.4 Å². The summed E-state index contributed by atoms with van der Waals surface area (Å²) in [6.07, 6.45) is 3.80. The lowest BCUT2D eigenvalue weighted by Crippen LogP contribution is -2.48. The Hall–Kier alpha value is -2.29. The zero-order valence-electron chi connectivity index (χ0n) is 18.9. The van der Waals surface area contributed by atoms with Gasteiger partial charge < -0.3 is 14.5 Å². The molecule has 2 aromatic carbocycles. The number of anilines is 1. The minimum atomic E-state index is -3.66. The number of carbonyl (C=O) groups is 1. The average molecular weight is 492 g/mol. The van der Waals surface area contributed by atoms with E-state index >= 15 is 0 Å². The molecule has 178 valence electrons. The summed E-state index contributed by atoms with van der Waals surface area (Å²) in [7, 11) is -2.17. The van der Waals surface area contributed by atoms with Crippen molar-refractivity contribution in [2.75, 3.05) is 51.3 Å². The first-order valence-electron chi connectivity index (χ1n) is 11.4. The van der Waals surface area contributed by atoms with Gasteiger partial charge in [0.15, 0.2) is 0 Å². The molecule has 0 aromatic heterocycles. The number of rotatable bonds is 5. The van der Waals surface area contributed by atoms with Gasteiger partial charge in [-0.1, -0.05) is 30.5 Å². The quantitative estimate of drug-likeness (QED) is 0.635. The minimum absolute atomic E-state index is 0.145. The van der Waals surface area contributed by atoms with Gasteiger partial charge in [-0.15, -0.1) is 0 Å². The first kappa shape index (κ1) is 23.9. The van der Waals surface area contributed by atoms with Gasteiger partial charge in [0, 0.05) is 50.0 Å². The Kier molecular flexibility index (Phi) is 7.46. The zero-order chi connectivity index (χ0) is 23.4. The summed E-state index contributed by atoms with van der Waals surface area (Å²) in [4.78, 5) is 17.5. The second-order valence-electron chi connectivity index (χ2n) is 8.44. The minimum Gasteiger partial charge on any atom is -0.496 e. The number of ether oxygens (including phenoxy) is 1. The van der Waals surface area contributed by atoms with E-state index in [1.54, 1.807) is 15.3 Å². The molecule has 0 bridgehead atoms. The second-order valence-corrected chi connectivity index (χ2v) is 10.8. The molecule has 2 aromatic rings. The van der Waals surface area contributed by atoms with Gasteiger partial charge in [-0.3, -0.25) is 4.79 Å². The van der Waals surface area contributed by atoms with Gasteiger partial charge in [0.2, 0.25) is 10.0 Å². The second kappa shape index (κ2) is 10.3. The van der Waals surface area contributed by atoms with Gasteiger partial charge in [0.25, 0.3) is 5.91 Å². The van der Waals surface area contributed by atoms with E-state index in [2.05, 4.69) is 4.90 Å². The number of methoxy groups -OCH3 is 1. The number of carbonyl (C=O) groups excluding carboxylic acids is 1. The summed E-state index contributed by atoms with van der Waals surface area (Å²) in [5.74, 6) is 0.164. The number of sulfonamides is 1. The lowest BCUT2D eigenvalue weighted by Gasteiger charge is -2.36. The van der Waals surface area contributed by atoms with Crippen LogP contribution in [0.3, 0.4) is 0 Å². The summed E-state index contributed by atoms with van der Waals surface area (Å²) < 4.78 is 33.5. The molecule has 2 aliphatic heterocycles. The highest BCUT2D eigenvalue weighted by Crippen LogP contribution is 2.28. The average Bonchev–Trinajstić information content (AvgIpc) is 3.13. The van der Waals surface area contributed by atoms with E-state index in [0.29, 0.717) is 50.0 Å². The van der Waals surface area contributed by atoms with Crippen LogP contribution in [0.25, 0.3) is 0 Å². The van der Waals surface area contributed by atoms with Crippen LogP contribution in [-0.4, -0.2) is 69.9 Å². The molecule has 2 fully saturated rings. The van der Waals surface area contributed by atoms with Gasteiger partial charge >= 0.3 is 0 Å². The Balaban J connectivity index is 1.52. The smallest absolute Gasteiger partial charge is 0.257 e. The normalized spacial score (nSPS) is 18.1. The van der Waals surface area contributed by atoms with E-state index in [1.807, 2.05) is 24.3 Å². The van der Waals surface area contributed by atoms with Gasteiger partial charge in [0.1, 0.15) is 5.75 Å². The van der Waals surface area contributed by atoms with Crippen molar-refractivity contribution < 1.29 is 17.9 Å². The van der Waals surface area contributed by atoms with E-state index < -0.39 is 10.0 Å². The molecule has 2 aliphatic rings. The van der Waals surface area contributed by atoms with Crippen molar-refractivity contribution >= 4 is 33.2 Å². The summed E-state index contributed by atoms with van der Waals surface area (Å²) in [5, 5.41) is 0.679. The SMILES string of the molecule is COc1ccc(S(=O)(=O)N2CCCCCC2)cc1C(=O)N1CCN(c2cccc(Cl)c2)CC1. The Bertz CT molecular complexity index is 1090. The predicted molar refractivity (Wildman–Crippen MR) is 130 cm³/mol. The van der Waals surface area contributed by atoms with Crippen molar-refractivity contribution in [1.29, 1.82) is 0 Å². The summed E-state index contributed by atoms with van der Waals surface area (Å²) >= 11 is 6.12. The molecule has 0 aliphatic carbocycles. The van der Waals surface area contributed by atoms with Crippen LogP contribution < -0.4 is 9.64 Å². The number of benzene rings is 2. The maximum Gasteiger partial charge on any atom is 0.257 e. The number of nitrogens with zero attached hydrogens (tertiary/aromatic N) is 3. The predicted octanol–water partition coefficient (Wildman–Crippen LogP) is 3.88. The van der Waals surface area contributed by atoms with Crippen molar-refractivity contribution in [2.45, 2.75) is 30.6 Å². The lowest BCUT2D eigenvalue weighted by atomic mass is 10.1. The molecule has 0 radical (unpaired) electrons. The monoisotopic (exact) mass is 491 g/mol. The molecule has 0 spiro atoms. The van der Waals surface area contributed by atoms with Crippen LogP contribution in [0.2, 0.25) is 5.02 Å². The number of hydrogen-bond acceptors (Lipinski definition) is 5. The molecular formula is C24H30ClN3O4S. The fraction of sp³-hybridized carbons (Fsp3) is 0.458. The summed E-state index contributed by atoms with van der Waals surface area (Å²) in [5.41, 5.74) is 1.31. The standard InChI is InChI=1S/C24H30ClN3O4S/c1-32-23-10-9-21(33(30,31)28-11-4-2-3-5-12-28)18-22(23)24(29)27-15-13-26(14-16-27)20-8-6-7-19(25)17-20/h6-10,17-18H,2-5,11-16H2,1H3. The summed E-state index contributed by atoms with van der Waals surface area (Å²) in [6, 6.07) is 12.3. The van der Waals surface area contributed by atoms with Crippen LogP contribution in [-0.2, 0) is 10.0 Å².